The average molecular weight is 438 g/mol. The van der Waals surface area contributed by atoms with Crippen LogP contribution in [0, 0.1) is 0 Å². The summed E-state index contributed by atoms with van der Waals surface area (Å²) in [5, 5.41) is 5.70. The highest BCUT2D eigenvalue weighted by Crippen LogP contribution is 2.43. The van der Waals surface area contributed by atoms with Gasteiger partial charge in [0.2, 0.25) is 12.7 Å². The van der Waals surface area contributed by atoms with E-state index in [4.69, 9.17) is 18.9 Å². The van der Waals surface area contributed by atoms with Gasteiger partial charge >= 0.3 is 0 Å². The molecule has 0 bridgehead atoms. The van der Waals surface area contributed by atoms with Gasteiger partial charge in [-0.15, -0.1) is 0 Å². The maximum Gasteiger partial charge on any atom is 0.251 e. The molecule has 2 aliphatic heterocycles. The molecule has 2 aromatic rings. The molecule has 0 atom stereocenters. The third-order valence-corrected chi connectivity index (χ3v) is 6.38. The van der Waals surface area contributed by atoms with E-state index in [0.29, 0.717) is 36.8 Å². The van der Waals surface area contributed by atoms with Gasteiger partial charge in [0.15, 0.2) is 23.0 Å². The molecular weight excluding hydrogens is 412 g/mol. The van der Waals surface area contributed by atoms with Gasteiger partial charge < -0.3 is 29.6 Å². The standard InChI is InChI=1S/C24H26N2O6/c27-22(13-25-23(28)16-3-5-19-20(11-16)32-15-31-19)26-14-24(7-1-2-8-24)17-4-6-18-21(12-17)30-10-9-29-18/h3-6,11-12H,1-2,7-10,13-15H2,(H,25,28)(H,26,27). The lowest BCUT2D eigenvalue weighted by Gasteiger charge is -2.31. The minimum Gasteiger partial charge on any atom is -0.486 e. The van der Waals surface area contributed by atoms with Gasteiger partial charge in [-0.2, -0.15) is 0 Å². The van der Waals surface area contributed by atoms with Gasteiger partial charge in [0, 0.05) is 17.5 Å². The Bertz CT molecular complexity index is 1030. The summed E-state index contributed by atoms with van der Waals surface area (Å²) in [6.45, 7) is 1.68. The first kappa shape index (κ1) is 20.5. The molecule has 0 spiro atoms. The van der Waals surface area contributed by atoms with Crippen LogP contribution < -0.4 is 29.6 Å². The summed E-state index contributed by atoms with van der Waals surface area (Å²) < 4.78 is 21.9. The first-order chi connectivity index (χ1) is 15.6. The van der Waals surface area contributed by atoms with E-state index in [1.807, 2.05) is 12.1 Å². The van der Waals surface area contributed by atoms with E-state index in [1.165, 1.54) is 0 Å². The van der Waals surface area contributed by atoms with E-state index in [0.717, 1.165) is 42.7 Å². The summed E-state index contributed by atoms with van der Waals surface area (Å²) >= 11 is 0. The molecule has 8 nitrogen and oxygen atoms in total. The predicted octanol–water partition coefficient (Wildman–Crippen LogP) is 2.54. The summed E-state index contributed by atoms with van der Waals surface area (Å²) in [5.74, 6) is 2.12. The SMILES string of the molecule is O=C(CNC(=O)c1ccc2c(c1)OCO2)NCC1(c2ccc3c(c2)OCCO3)CCCC1. The number of benzene rings is 2. The number of nitrogens with one attached hydrogen (secondary N) is 2. The van der Waals surface area contributed by atoms with Crippen molar-refractivity contribution < 1.29 is 28.5 Å². The first-order valence-electron chi connectivity index (χ1n) is 11.0. The Balaban J connectivity index is 1.19. The van der Waals surface area contributed by atoms with Crippen LogP contribution in [0.2, 0.25) is 0 Å². The molecular formula is C24H26N2O6. The van der Waals surface area contributed by atoms with E-state index in [2.05, 4.69) is 16.7 Å². The summed E-state index contributed by atoms with van der Waals surface area (Å²) in [4.78, 5) is 24.9. The first-order valence-corrected chi connectivity index (χ1v) is 11.0. The number of rotatable bonds is 6. The number of carbonyl (C=O) groups excluding carboxylic acids is 2. The van der Waals surface area contributed by atoms with Crippen LogP contribution >= 0.6 is 0 Å². The van der Waals surface area contributed by atoms with Crippen molar-refractivity contribution in [3.05, 3.63) is 47.5 Å². The number of hydrogen-bond acceptors (Lipinski definition) is 6. The van der Waals surface area contributed by atoms with Crippen molar-refractivity contribution in [2.45, 2.75) is 31.1 Å². The van der Waals surface area contributed by atoms with Crippen LogP contribution in [0.1, 0.15) is 41.6 Å². The third kappa shape index (κ3) is 4.04. The predicted molar refractivity (Wildman–Crippen MR) is 115 cm³/mol. The fourth-order valence-electron chi connectivity index (χ4n) is 4.62. The van der Waals surface area contributed by atoms with Gasteiger partial charge in [0.05, 0.1) is 6.54 Å². The van der Waals surface area contributed by atoms with Crippen LogP contribution in [0.15, 0.2) is 36.4 Å². The lowest BCUT2D eigenvalue weighted by molar-refractivity contribution is -0.120. The van der Waals surface area contributed by atoms with Gasteiger partial charge in [-0.25, -0.2) is 0 Å². The smallest absolute Gasteiger partial charge is 0.251 e. The van der Waals surface area contributed by atoms with E-state index < -0.39 is 0 Å². The van der Waals surface area contributed by atoms with Crippen LogP contribution in [0.5, 0.6) is 23.0 Å². The van der Waals surface area contributed by atoms with Crippen molar-refractivity contribution in [2.75, 3.05) is 33.1 Å². The van der Waals surface area contributed by atoms with Crippen LogP contribution in [0.25, 0.3) is 0 Å². The number of amides is 2. The molecule has 2 aromatic carbocycles. The number of hydrogen-bond donors (Lipinski definition) is 2. The van der Waals surface area contributed by atoms with Gasteiger partial charge in [0.1, 0.15) is 13.2 Å². The number of fused-ring (bicyclic) bond motifs is 2. The zero-order chi connectivity index (χ0) is 22.0. The highest BCUT2D eigenvalue weighted by molar-refractivity contribution is 5.97. The van der Waals surface area contributed by atoms with Gasteiger partial charge in [0.25, 0.3) is 5.91 Å². The van der Waals surface area contributed by atoms with Crippen molar-refractivity contribution in [3.63, 3.8) is 0 Å². The second-order valence-corrected chi connectivity index (χ2v) is 8.37. The largest absolute Gasteiger partial charge is 0.486 e. The van der Waals surface area contributed by atoms with Crippen molar-refractivity contribution in [1.29, 1.82) is 0 Å². The Morgan fingerprint density at radius 1 is 0.812 bits per heavy atom. The lowest BCUT2D eigenvalue weighted by atomic mass is 9.78. The molecule has 2 heterocycles. The molecule has 168 valence electrons. The molecule has 32 heavy (non-hydrogen) atoms. The Kier molecular flexibility index (Phi) is 5.51. The van der Waals surface area contributed by atoms with E-state index in [1.54, 1.807) is 18.2 Å². The minimum absolute atomic E-state index is 0.0928. The van der Waals surface area contributed by atoms with Crippen molar-refractivity contribution >= 4 is 11.8 Å². The van der Waals surface area contributed by atoms with E-state index >= 15 is 0 Å². The molecule has 1 fully saturated rings. The molecule has 0 unspecified atom stereocenters. The molecule has 0 radical (unpaired) electrons. The molecule has 2 amide bonds. The zero-order valence-corrected chi connectivity index (χ0v) is 17.8. The Morgan fingerprint density at radius 2 is 1.50 bits per heavy atom. The van der Waals surface area contributed by atoms with Gasteiger partial charge in [-0.1, -0.05) is 18.9 Å². The van der Waals surface area contributed by atoms with Crippen LogP contribution in [-0.2, 0) is 10.2 Å². The second kappa shape index (κ2) is 8.61. The van der Waals surface area contributed by atoms with Crippen LogP contribution in [0.4, 0.5) is 0 Å². The topological polar surface area (TPSA) is 95.1 Å². The van der Waals surface area contributed by atoms with Crippen molar-refractivity contribution in [1.82, 2.24) is 10.6 Å². The molecule has 8 heteroatoms. The molecule has 1 aliphatic carbocycles. The van der Waals surface area contributed by atoms with Crippen molar-refractivity contribution in [3.8, 4) is 23.0 Å². The number of ether oxygens (including phenoxy) is 4. The summed E-state index contributed by atoms with van der Waals surface area (Å²) in [5.41, 5.74) is 1.45. The third-order valence-electron chi connectivity index (χ3n) is 6.38. The zero-order valence-electron chi connectivity index (χ0n) is 17.8. The minimum atomic E-state index is -0.333. The maximum atomic E-state index is 12.5. The van der Waals surface area contributed by atoms with Gasteiger partial charge in [-0.3, -0.25) is 9.59 Å². The normalized spacial score (nSPS) is 17.6. The van der Waals surface area contributed by atoms with E-state index in [9.17, 15) is 9.59 Å². The molecule has 0 aromatic heterocycles. The Morgan fingerprint density at radius 3 is 2.34 bits per heavy atom. The second-order valence-electron chi connectivity index (χ2n) is 8.37. The Hall–Kier alpha value is -3.42. The molecule has 3 aliphatic rings. The highest BCUT2D eigenvalue weighted by Gasteiger charge is 2.36. The fraction of sp³-hybridized carbons (Fsp3) is 0.417. The van der Waals surface area contributed by atoms with Crippen molar-refractivity contribution in [2.24, 2.45) is 0 Å². The summed E-state index contributed by atoms with van der Waals surface area (Å²) in [7, 11) is 0. The molecule has 5 rings (SSSR count). The summed E-state index contributed by atoms with van der Waals surface area (Å²) in [6.07, 6.45) is 4.23. The quantitative estimate of drug-likeness (QED) is 0.720. The van der Waals surface area contributed by atoms with E-state index in [-0.39, 0.29) is 30.6 Å². The maximum absolute atomic E-state index is 12.5. The number of carbonyl (C=O) groups is 2. The molecule has 2 N–H and O–H groups in total. The summed E-state index contributed by atoms with van der Waals surface area (Å²) in [6, 6.07) is 11.0. The lowest BCUT2D eigenvalue weighted by Crippen LogP contribution is -2.43. The molecule has 0 saturated heterocycles. The highest BCUT2D eigenvalue weighted by atomic mass is 16.7. The fourth-order valence-corrected chi connectivity index (χ4v) is 4.62. The Labute approximate surface area is 186 Å². The monoisotopic (exact) mass is 438 g/mol. The van der Waals surface area contributed by atoms with Crippen LogP contribution in [-0.4, -0.2) is 44.9 Å². The van der Waals surface area contributed by atoms with Crippen LogP contribution in [0.3, 0.4) is 0 Å². The van der Waals surface area contributed by atoms with Gasteiger partial charge in [-0.05, 0) is 48.7 Å². The average Bonchev–Trinajstić information content (AvgIpc) is 3.50. The molecule has 1 saturated carbocycles.